The zero-order valence-corrected chi connectivity index (χ0v) is 7.88. The Morgan fingerprint density at radius 3 is 2.17 bits per heavy atom. The molecule has 0 aliphatic heterocycles. The molecule has 0 saturated heterocycles. The van der Waals surface area contributed by atoms with Crippen LogP contribution in [-0.4, -0.2) is 18.9 Å². The van der Waals surface area contributed by atoms with Gasteiger partial charge in [-0.2, -0.15) is 0 Å². The van der Waals surface area contributed by atoms with Crippen LogP contribution >= 0.6 is 0 Å². The van der Waals surface area contributed by atoms with Crippen molar-refractivity contribution in [1.82, 2.24) is 0 Å². The Morgan fingerprint density at radius 2 is 1.83 bits per heavy atom. The monoisotopic (exact) mass is 170 g/mol. The van der Waals surface area contributed by atoms with Gasteiger partial charge in [-0.3, -0.25) is 9.59 Å². The van der Waals surface area contributed by atoms with Crippen molar-refractivity contribution in [3.8, 4) is 0 Å². The Balaban J connectivity index is 4.60. The van der Waals surface area contributed by atoms with Crippen LogP contribution in [0.3, 0.4) is 0 Å². The predicted octanol–water partition coefficient (Wildman–Crippen LogP) is 1.33. The summed E-state index contributed by atoms with van der Waals surface area (Å²) in [5, 5.41) is 0. The van der Waals surface area contributed by atoms with Gasteiger partial charge in [0.2, 0.25) is 0 Å². The molecule has 0 bridgehead atoms. The molecule has 0 fully saturated rings. The van der Waals surface area contributed by atoms with Crippen LogP contribution in [0, 0.1) is 5.41 Å². The normalized spacial score (nSPS) is 11.7. The third-order valence-corrected chi connectivity index (χ3v) is 1.63. The second-order valence-corrected chi connectivity index (χ2v) is 2.98. The number of hydrogen-bond donors (Lipinski definition) is 0. The van der Waals surface area contributed by atoms with E-state index in [1.54, 1.807) is 26.8 Å². The lowest BCUT2D eigenvalue weighted by Crippen LogP contribution is -2.33. The maximum absolute atomic E-state index is 11.3. The van der Waals surface area contributed by atoms with Crippen molar-refractivity contribution >= 4 is 11.8 Å². The Kier molecular flexibility index (Phi) is 3.67. The third kappa shape index (κ3) is 2.19. The van der Waals surface area contributed by atoms with Crippen LogP contribution in [0.1, 0.15) is 20.8 Å². The average Bonchev–Trinajstić information content (AvgIpc) is 2.03. The largest absolute Gasteiger partial charge is 0.468 e. The number of allylic oxidation sites excluding steroid dienone is 2. The fourth-order valence-electron chi connectivity index (χ4n) is 0.715. The summed E-state index contributed by atoms with van der Waals surface area (Å²) < 4.78 is 4.49. The molecule has 3 heteroatoms. The lowest BCUT2D eigenvalue weighted by atomic mass is 9.88. The van der Waals surface area contributed by atoms with Crippen molar-refractivity contribution in [2.45, 2.75) is 20.8 Å². The number of hydrogen-bond acceptors (Lipinski definition) is 3. The Labute approximate surface area is 72.4 Å². The number of methoxy groups -OCH3 is 1. The van der Waals surface area contributed by atoms with Crippen molar-refractivity contribution in [3.05, 3.63) is 12.2 Å². The lowest BCUT2D eigenvalue weighted by molar-refractivity contribution is -0.154. The summed E-state index contributed by atoms with van der Waals surface area (Å²) in [5.74, 6) is -0.748. The van der Waals surface area contributed by atoms with E-state index in [1.165, 1.54) is 13.2 Å². The highest BCUT2D eigenvalue weighted by atomic mass is 16.5. The highest BCUT2D eigenvalue weighted by molar-refractivity contribution is 6.08. The van der Waals surface area contributed by atoms with Gasteiger partial charge in [0, 0.05) is 0 Å². The summed E-state index contributed by atoms with van der Waals surface area (Å²) in [6.07, 6.45) is 2.98. The lowest BCUT2D eigenvalue weighted by Gasteiger charge is -2.17. The van der Waals surface area contributed by atoms with E-state index in [1.807, 2.05) is 0 Å². The summed E-state index contributed by atoms with van der Waals surface area (Å²) in [6, 6.07) is 0. The predicted molar refractivity (Wildman–Crippen MR) is 45.6 cm³/mol. The van der Waals surface area contributed by atoms with Crippen LogP contribution in [0.5, 0.6) is 0 Å². The Hall–Kier alpha value is -1.12. The number of ketones is 1. The molecule has 0 saturated carbocycles. The molecule has 68 valence electrons. The van der Waals surface area contributed by atoms with Crippen molar-refractivity contribution < 1.29 is 14.3 Å². The Morgan fingerprint density at radius 1 is 1.33 bits per heavy atom. The number of carbonyl (C=O) groups is 2. The maximum atomic E-state index is 11.3. The number of carbonyl (C=O) groups excluding carboxylic acids is 2. The summed E-state index contributed by atoms with van der Waals surface area (Å²) in [7, 11) is 1.27. The highest BCUT2D eigenvalue weighted by Crippen LogP contribution is 2.18. The van der Waals surface area contributed by atoms with E-state index in [-0.39, 0.29) is 5.78 Å². The first-order valence-electron chi connectivity index (χ1n) is 3.72. The first kappa shape index (κ1) is 10.9. The van der Waals surface area contributed by atoms with Crippen LogP contribution in [0.4, 0.5) is 0 Å². The van der Waals surface area contributed by atoms with Crippen LogP contribution in [0.2, 0.25) is 0 Å². The molecule has 0 rings (SSSR count). The van der Waals surface area contributed by atoms with Crippen molar-refractivity contribution in [2.75, 3.05) is 7.11 Å². The van der Waals surface area contributed by atoms with E-state index >= 15 is 0 Å². The van der Waals surface area contributed by atoms with E-state index in [0.717, 1.165) is 0 Å². The van der Waals surface area contributed by atoms with E-state index < -0.39 is 11.4 Å². The zero-order chi connectivity index (χ0) is 9.78. The molecule has 0 N–H and O–H groups in total. The third-order valence-electron chi connectivity index (χ3n) is 1.63. The molecule has 0 spiro atoms. The van der Waals surface area contributed by atoms with Gasteiger partial charge in [-0.05, 0) is 26.8 Å². The molecule has 0 radical (unpaired) electrons. The first-order valence-corrected chi connectivity index (χ1v) is 3.72. The molecular formula is C9H14O3. The summed E-state index contributed by atoms with van der Waals surface area (Å²) >= 11 is 0. The standard InChI is InChI=1S/C9H14O3/c1-5-6-7(10)9(2,3)8(11)12-4/h5-6H,1-4H3/b6-5+. The average molecular weight is 170 g/mol. The minimum atomic E-state index is -1.07. The van der Waals surface area contributed by atoms with E-state index in [4.69, 9.17) is 0 Å². The summed E-state index contributed by atoms with van der Waals surface area (Å²) in [4.78, 5) is 22.4. The second kappa shape index (κ2) is 4.04. The Bertz CT molecular complexity index is 214. The molecule has 0 amide bonds. The molecular weight excluding hydrogens is 156 g/mol. The fraction of sp³-hybridized carbons (Fsp3) is 0.556. The highest BCUT2D eigenvalue weighted by Gasteiger charge is 2.34. The molecule has 3 nitrogen and oxygen atoms in total. The van der Waals surface area contributed by atoms with Crippen molar-refractivity contribution in [1.29, 1.82) is 0 Å². The van der Waals surface area contributed by atoms with Gasteiger partial charge in [0.05, 0.1) is 7.11 Å². The van der Waals surface area contributed by atoms with Crippen LogP contribution < -0.4 is 0 Å². The quantitative estimate of drug-likeness (QED) is 0.364. The van der Waals surface area contributed by atoms with Gasteiger partial charge in [0.1, 0.15) is 5.41 Å². The number of esters is 1. The molecule has 0 aromatic rings. The number of rotatable bonds is 3. The molecule has 12 heavy (non-hydrogen) atoms. The van der Waals surface area contributed by atoms with Gasteiger partial charge in [0.15, 0.2) is 5.78 Å². The van der Waals surface area contributed by atoms with Gasteiger partial charge in [-0.1, -0.05) is 6.08 Å². The van der Waals surface area contributed by atoms with Gasteiger partial charge >= 0.3 is 5.97 Å². The van der Waals surface area contributed by atoms with Crippen molar-refractivity contribution in [3.63, 3.8) is 0 Å². The summed E-state index contributed by atoms with van der Waals surface area (Å²) in [6.45, 7) is 4.81. The molecule has 0 unspecified atom stereocenters. The molecule has 0 aromatic heterocycles. The van der Waals surface area contributed by atoms with Gasteiger partial charge in [-0.25, -0.2) is 0 Å². The topological polar surface area (TPSA) is 43.4 Å². The molecule has 0 heterocycles. The van der Waals surface area contributed by atoms with Crippen LogP contribution in [0.25, 0.3) is 0 Å². The fourth-order valence-corrected chi connectivity index (χ4v) is 0.715. The van der Waals surface area contributed by atoms with E-state index in [9.17, 15) is 9.59 Å². The molecule has 0 aliphatic rings. The molecule has 0 aliphatic carbocycles. The molecule has 0 atom stereocenters. The summed E-state index contributed by atoms with van der Waals surface area (Å²) in [5.41, 5.74) is -1.07. The van der Waals surface area contributed by atoms with Crippen molar-refractivity contribution in [2.24, 2.45) is 5.41 Å². The minimum absolute atomic E-state index is 0.239. The second-order valence-electron chi connectivity index (χ2n) is 2.98. The van der Waals surface area contributed by atoms with Crippen LogP contribution in [-0.2, 0) is 14.3 Å². The molecule has 0 aromatic carbocycles. The van der Waals surface area contributed by atoms with E-state index in [0.29, 0.717) is 0 Å². The maximum Gasteiger partial charge on any atom is 0.319 e. The van der Waals surface area contributed by atoms with Gasteiger partial charge in [-0.15, -0.1) is 0 Å². The SMILES string of the molecule is C/C=C/C(=O)C(C)(C)C(=O)OC. The van der Waals surface area contributed by atoms with Gasteiger partial charge in [0.25, 0.3) is 0 Å². The smallest absolute Gasteiger partial charge is 0.319 e. The van der Waals surface area contributed by atoms with Gasteiger partial charge < -0.3 is 4.74 Å². The minimum Gasteiger partial charge on any atom is -0.468 e. The van der Waals surface area contributed by atoms with E-state index in [2.05, 4.69) is 4.74 Å². The number of ether oxygens (including phenoxy) is 1. The first-order chi connectivity index (χ1) is 5.46. The zero-order valence-electron chi connectivity index (χ0n) is 7.88. The van der Waals surface area contributed by atoms with Crippen LogP contribution in [0.15, 0.2) is 12.2 Å².